The van der Waals surface area contributed by atoms with Gasteiger partial charge >= 0.3 is 0 Å². The number of Topliss-reactive ketones (excluding diaryl/α,β-unsaturated/α-hetero) is 2. The van der Waals surface area contributed by atoms with E-state index in [2.05, 4.69) is 0 Å². The van der Waals surface area contributed by atoms with Crippen LogP contribution in [-0.4, -0.2) is 11.6 Å². The minimum Gasteiger partial charge on any atom is -0.300 e. The van der Waals surface area contributed by atoms with Gasteiger partial charge in [0.1, 0.15) is 5.78 Å². The molecule has 0 aliphatic carbocycles. The largest absolute Gasteiger partial charge is 0.300 e. The first-order chi connectivity index (χ1) is 7.43. The summed E-state index contributed by atoms with van der Waals surface area (Å²) in [5.41, 5.74) is 2.87. The smallest absolute Gasteiger partial charge is 0.166 e. The normalized spacial score (nSPS) is 12.2. The molecule has 1 aromatic carbocycles. The van der Waals surface area contributed by atoms with E-state index in [-0.39, 0.29) is 17.5 Å². The Morgan fingerprint density at radius 2 is 1.88 bits per heavy atom. The molecule has 1 rings (SSSR count). The standard InChI is InChI=1S/C14H18O2/c1-9-6-5-7-13(12(9)4)14(16)10(2)8-11(3)15/h5-7,10H,8H2,1-4H3. The Labute approximate surface area is 96.7 Å². The summed E-state index contributed by atoms with van der Waals surface area (Å²) in [6.45, 7) is 7.27. The number of carbonyl (C=O) groups is 2. The fraction of sp³-hybridized carbons (Fsp3) is 0.429. The summed E-state index contributed by atoms with van der Waals surface area (Å²) in [6, 6.07) is 5.71. The molecule has 2 heteroatoms. The Kier molecular flexibility index (Phi) is 3.99. The topological polar surface area (TPSA) is 34.1 Å². The molecule has 0 aromatic heterocycles. The number of aryl methyl sites for hydroxylation is 1. The van der Waals surface area contributed by atoms with E-state index in [1.165, 1.54) is 6.92 Å². The second-order valence-electron chi connectivity index (χ2n) is 4.42. The predicted octanol–water partition coefficient (Wildman–Crippen LogP) is 3.10. The zero-order valence-electron chi connectivity index (χ0n) is 10.3. The zero-order chi connectivity index (χ0) is 12.3. The van der Waals surface area contributed by atoms with E-state index in [0.29, 0.717) is 6.42 Å². The molecule has 1 aromatic rings. The van der Waals surface area contributed by atoms with Crippen LogP contribution < -0.4 is 0 Å². The first-order valence-corrected chi connectivity index (χ1v) is 5.53. The molecule has 0 aliphatic heterocycles. The van der Waals surface area contributed by atoms with Crippen molar-refractivity contribution in [1.82, 2.24) is 0 Å². The summed E-state index contributed by atoms with van der Waals surface area (Å²) in [6.07, 6.45) is 0.326. The number of ketones is 2. The van der Waals surface area contributed by atoms with Gasteiger partial charge in [0.2, 0.25) is 0 Å². The summed E-state index contributed by atoms with van der Waals surface area (Å²) >= 11 is 0. The van der Waals surface area contributed by atoms with Gasteiger partial charge in [0.25, 0.3) is 0 Å². The monoisotopic (exact) mass is 218 g/mol. The highest BCUT2D eigenvalue weighted by molar-refractivity contribution is 6.00. The second-order valence-corrected chi connectivity index (χ2v) is 4.42. The molecule has 0 amide bonds. The van der Waals surface area contributed by atoms with Gasteiger partial charge in [-0.1, -0.05) is 25.1 Å². The third-order valence-electron chi connectivity index (χ3n) is 2.91. The number of hydrogen-bond donors (Lipinski definition) is 0. The molecule has 86 valence electrons. The molecule has 0 N–H and O–H groups in total. The molecular weight excluding hydrogens is 200 g/mol. The van der Waals surface area contributed by atoms with E-state index in [4.69, 9.17) is 0 Å². The number of benzene rings is 1. The predicted molar refractivity (Wildman–Crippen MR) is 64.7 cm³/mol. The van der Waals surface area contributed by atoms with Crippen LogP contribution in [0.15, 0.2) is 18.2 Å². The van der Waals surface area contributed by atoms with Crippen molar-refractivity contribution in [3.8, 4) is 0 Å². The highest BCUT2D eigenvalue weighted by Crippen LogP contribution is 2.18. The lowest BCUT2D eigenvalue weighted by Crippen LogP contribution is -2.15. The molecule has 16 heavy (non-hydrogen) atoms. The lowest BCUT2D eigenvalue weighted by atomic mass is 9.91. The minimum atomic E-state index is -0.224. The van der Waals surface area contributed by atoms with Crippen LogP contribution in [0.25, 0.3) is 0 Å². The quantitative estimate of drug-likeness (QED) is 0.728. The Bertz CT molecular complexity index is 419. The molecule has 0 heterocycles. The maximum Gasteiger partial charge on any atom is 0.166 e. The summed E-state index contributed by atoms with van der Waals surface area (Å²) in [5, 5.41) is 0. The average Bonchev–Trinajstić information content (AvgIpc) is 2.20. The Morgan fingerprint density at radius 1 is 1.25 bits per heavy atom. The molecule has 0 saturated heterocycles. The Balaban J connectivity index is 2.96. The van der Waals surface area contributed by atoms with Crippen LogP contribution in [0.1, 0.15) is 41.8 Å². The molecule has 0 saturated carbocycles. The molecule has 0 spiro atoms. The van der Waals surface area contributed by atoms with Crippen LogP contribution in [-0.2, 0) is 4.79 Å². The van der Waals surface area contributed by atoms with Crippen LogP contribution in [0.4, 0.5) is 0 Å². The molecule has 1 atom stereocenters. The summed E-state index contributed by atoms with van der Waals surface area (Å²) in [4.78, 5) is 23.1. The third kappa shape index (κ3) is 2.78. The van der Waals surface area contributed by atoms with Gasteiger partial charge < -0.3 is 4.79 Å². The molecule has 0 aliphatic rings. The van der Waals surface area contributed by atoms with Crippen molar-refractivity contribution in [3.63, 3.8) is 0 Å². The maximum atomic E-state index is 12.1. The van der Waals surface area contributed by atoms with Gasteiger partial charge in [0.05, 0.1) is 0 Å². The molecule has 0 bridgehead atoms. The summed E-state index contributed by atoms with van der Waals surface area (Å²) in [7, 11) is 0. The van der Waals surface area contributed by atoms with E-state index in [1.54, 1.807) is 0 Å². The maximum absolute atomic E-state index is 12.1. The van der Waals surface area contributed by atoms with Gasteiger partial charge in [-0.15, -0.1) is 0 Å². The average molecular weight is 218 g/mol. The van der Waals surface area contributed by atoms with Crippen LogP contribution in [0.2, 0.25) is 0 Å². The van der Waals surface area contributed by atoms with Gasteiger partial charge in [-0.3, -0.25) is 4.79 Å². The minimum absolute atomic E-state index is 0.0613. The van der Waals surface area contributed by atoms with Gasteiger partial charge in [0, 0.05) is 17.9 Å². The number of hydrogen-bond acceptors (Lipinski definition) is 2. The lowest BCUT2D eigenvalue weighted by Gasteiger charge is -2.12. The van der Waals surface area contributed by atoms with E-state index >= 15 is 0 Å². The van der Waals surface area contributed by atoms with Crippen molar-refractivity contribution in [2.45, 2.75) is 34.1 Å². The number of rotatable bonds is 4. The lowest BCUT2D eigenvalue weighted by molar-refractivity contribution is -0.117. The summed E-state index contributed by atoms with van der Waals surface area (Å²) in [5.74, 6) is -0.0967. The van der Waals surface area contributed by atoms with E-state index in [0.717, 1.165) is 16.7 Å². The zero-order valence-corrected chi connectivity index (χ0v) is 10.3. The van der Waals surface area contributed by atoms with Gasteiger partial charge in [-0.25, -0.2) is 0 Å². The van der Waals surface area contributed by atoms with Crippen LogP contribution in [0, 0.1) is 19.8 Å². The van der Waals surface area contributed by atoms with Crippen molar-refractivity contribution < 1.29 is 9.59 Å². The fourth-order valence-corrected chi connectivity index (χ4v) is 1.81. The van der Waals surface area contributed by atoms with E-state index in [9.17, 15) is 9.59 Å². The summed E-state index contributed by atoms with van der Waals surface area (Å²) < 4.78 is 0. The van der Waals surface area contributed by atoms with Crippen LogP contribution in [0.3, 0.4) is 0 Å². The van der Waals surface area contributed by atoms with Crippen molar-refractivity contribution in [1.29, 1.82) is 0 Å². The Hall–Kier alpha value is -1.44. The molecule has 1 unspecified atom stereocenters. The molecular formula is C14H18O2. The fourth-order valence-electron chi connectivity index (χ4n) is 1.81. The van der Waals surface area contributed by atoms with Crippen molar-refractivity contribution >= 4 is 11.6 Å². The van der Waals surface area contributed by atoms with Crippen molar-refractivity contribution in [2.24, 2.45) is 5.92 Å². The van der Waals surface area contributed by atoms with Crippen LogP contribution in [0.5, 0.6) is 0 Å². The first-order valence-electron chi connectivity index (χ1n) is 5.53. The third-order valence-corrected chi connectivity index (χ3v) is 2.91. The molecule has 0 radical (unpaired) electrons. The highest BCUT2D eigenvalue weighted by Gasteiger charge is 2.18. The van der Waals surface area contributed by atoms with E-state index in [1.807, 2.05) is 39.0 Å². The molecule has 0 fully saturated rings. The van der Waals surface area contributed by atoms with Gasteiger partial charge in [-0.2, -0.15) is 0 Å². The van der Waals surface area contributed by atoms with E-state index < -0.39 is 0 Å². The second kappa shape index (κ2) is 5.06. The van der Waals surface area contributed by atoms with Crippen molar-refractivity contribution in [3.05, 3.63) is 34.9 Å². The SMILES string of the molecule is CC(=O)CC(C)C(=O)c1cccc(C)c1C. The number of carbonyl (C=O) groups excluding carboxylic acids is 2. The van der Waals surface area contributed by atoms with Crippen molar-refractivity contribution in [2.75, 3.05) is 0 Å². The Morgan fingerprint density at radius 3 is 2.44 bits per heavy atom. The highest BCUT2D eigenvalue weighted by atomic mass is 16.1. The first kappa shape index (κ1) is 12.6. The molecule has 2 nitrogen and oxygen atoms in total. The van der Waals surface area contributed by atoms with Crippen LogP contribution >= 0.6 is 0 Å². The van der Waals surface area contributed by atoms with Gasteiger partial charge in [0.15, 0.2) is 5.78 Å². The van der Waals surface area contributed by atoms with Gasteiger partial charge in [-0.05, 0) is 31.9 Å².